The van der Waals surface area contributed by atoms with Crippen molar-refractivity contribution >= 4 is 26.7 Å². The van der Waals surface area contributed by atoms with Gasteiger partial charge in [-0.1, -0.05) is 0 Å². The van der Waals surface area contributed by atoms with Gasteiger partial charge in [0.05, 0.1) is 35.7 Å². The number of rotatable bonds is 4. The third-order valence-corrected chi connectivity index (χ3v) is 5.19. The molecule has 0 saturated carbocycles. The molecule has 27 heavy (non-hydrogen) atoms. The Bertz CT molecular complexity index is 1090. The van der Waals surface area contributed by atoms with E-state index in [1.165, 1.54) is 6.26 Å². The number of aromatic amines is 1. The highest BCUT2D eigenvalue weighted by atomic mass is 32.2. The van der Waals surface area contributed by atoms with E-state index in [1.807, 2.05) is 25.1 Å². The van der Waals surface area contributed by atoms with Gasteiger partial charge in [0.1, 0.15) is 11.6 Å². The summed E-state index contributed by atoms with van der Waals surface area (Å²) in [4.78, 5) is 18.9. The number of nitrogens with zero attached hydrogens (tertiary/aromatic N) is 4. The largest absolute Gasteiger partial charge is 0.378 e. The highest BCUT2D eigenvalue weighted by Crippen LogP contribution is 2.24. The number of aryl methyl sites for hydroxylation is 1. The lowest BCUT2D eigenvalue weighted by Crippen LogP contribution is -2.37. The summed E-state index contributed by atoms with van der Waals surface area (Å²) in [6, 6.07) is 7.52. The van der Waals surface area contributed by atoms with Gasteiger partial charge in [-0.3, -0.25) is 0 Å². The Hall–Kier alpha value is -2.52. The molecular weight excluding hydrogens is 366 g/mol. The Morgan fingerprint density at radius 1 is 1.15 bits per heavy atom. The molecule has 2 aromatic heterocycles. The molecule has 0 amide bonds. The quantitative estimate of drug-likeness (QED) is 0.727. The van der Waals surface area contributed by atoms with E-state index in [9.17, 15) is 8.42 Å². The second-order valence-corrected chi connectivity index (χ2v) is 8.90. The Balaban J connectivity index is 1.80. The second kappa shape index (κ2) is 6.90. The van der Waals surface area contributed by atoms with Crippen LogP contribution in [0, 0.1) is 6.92 Å². The van der Waals surface area contributed by atoms with Crippen molar-refractivity contribution in [3.8, 4) is 11.4 Å². The fourth-order valence-corrected chi connectivity index (χ4v) is 3.87. The number of ether oxygens (including phenoxy) is 1. The predicted molar refractivity (Wildman–Crippen MR) is 103 cm³/mol. The van der Waals surface area contributed by atoms with E-state index >= 15 is 0 Å². The van der Waals surface area contributed by atoms with Crippen molar-refractivity contribution in [3.05, 3.63) is 35.8 Å². The van der Waals surface area contributed by atoms with Crippen LogP contribution in [-0.4, -0.2) is 60.9 Å². The lowest BCUT2D eigenvalue weighted by Gasteiger charge is -2.28. The number of sulfone groups is 1. The fourth-order valence-electron chi connectivity index (χ4n) is 3.19. The number of morpholine rings is 1. The van der Waals surface area contributed by atoms with Gasteiger partial charge in [-0.25, -0.2) is 23.4 Å². The zero-order valence-corrected chi connectivity index (χ0v) is 16.1. The maximum absolute atomic E-state index is 11.8. The third kappa shape index (κ3) is 4.09. The number of benzene rings is 1. The standard InChI is InChI=1S/C18H21N5O3S/c1-12-19-15-4-3-13(9-16(15)20-12)18-21-14(11-27(2,24)25)10-17(22-18)23-5-7-26-8-6-23/h3-4,9-10H,5-8,11H2,1-2H3,(H,19,20). The van der Waals surface area contributed by atoms with Crippen molar-refractivity contribution in [2.45, 2.75) is 12.7 Å². The van der Waals surface area contributed by atoms with Crippen LogP contribution in [0.1, 0.15) is 11.5 Å². The van der Waals surface area contributed by atoms with Crippen LogP contribution < -0.4 is 4.90 Å². The molecule has 3 heterocycles. The first-order valence-electron chi connectivity index (χ1n) is 8.72. The molecule has 0 spiro atoms. The number of nitrogens with one attached hydrogen (secondary N) is 1. The van der Waals surface area contributed by atoms with Gasteiger partial charge in [0.25, 0.3) is 0 Å². The summed E-state index contributed by atoms with van der Waals surface area (Å²) in [6.45, 7) is 4.58. The highest BCUT2D eigenvalue weighted by molar-refractivity contribution is 7.89. The van der Waals surface area contributed by atoms with E-state index in [-0.39, 0.29) is 5.75 Å². The van der Waals surface area contributed by atoms with E-state index in [1.54, 1.807) is 6.07 Å². The predicted octanol–water partition coefficient (Wildman–Crippen LogP) is 1.71. The van der Waals surface area contributed by atoms with Gasteiger partial charge < -0.3 is 14.6 Å². The van der Waals surface area contributed by atoms with Crippen LogP contribution in [0.25, 0.3) is 22.4 Å². The molecule has 4 rings (SSSR count). The van der Waals surface area contributed by atoms with E-state index in [4.69, 9.17) is 9.72 Å². The molecular formula is C18H21N5O3S. The number of H-pyrrole nitrogens is 1. The molecule has 0 atom stereocenters. The summed E-state index contributed by atoms with van der Waals surface area (Å²) in [5.41, 5.74) is 3.08. The van der Waals surface area contributed by atoms with E-state index < -0.39 is 9.84 Å². The van der Waals surface area contributed by atoms with Crippen LogP contribution >= 0.6 is 0 Å². The Labute approximate surface area is 157 Å². The summed E-state index contributed by atoms with van der Waals surface area (Å²) in [5.74, 6) is 1.95. The summed E-state index contributed by atoms with van der Waals surface area (Å²) in [6.07, 6.45) is 1.21. The molecule has 9 heteroatoms. The lowest BCUT2D eigenvalue weighted by molar-refractivity contribution is 0.122. The zero-order chi connectivity index (χ0) is 19.0. The maximum Gasteiger partial charge on any atom is 0.161 e. The van der Waals surface area contributed by atoms with E-state index in [0.29, 0.717) is 37.8 Å². The van der Waals surface area contributed by atoms with Crippen LogP contribution in [0.5, 0.6) is 0 Å². The molecule has 3 aromatic rings. The molecule has 1 saturated heterocycles. The fraction of sp³-hybridized carbons (Fsp3) is 0.389. The average molecular weight is 387 g/mol. The minimum Gasteiger partial charge on any atom is -0.378 e. The van der Waals surface area contributed by atoms with Crippen LogP contribution in [-0.2, 0) is 20.3 Å². The van der Waals surface area contributed by atoms with Gasteiger partial charge in [0.2, 0.25) is 0 Å². The summed E-state index contributed by atoms with van der Waals surface area (Å²) >= 11 is 0. The van der Waals surface area contributed by atoms with Gasteiger partial charge in [-0.05, 0) is 25.1 Å². The molecule has 142 valence electrons. The van der Waals surface area contributed by atoms with Crippen LogP contribution in [0.3, 0.4) is 0 Å². The van der Waals surface area contributed by atoms with Crippen molar-refractivity contribution in [1.82, 2.24) is 19.9 Å². The van der Waals surface area contributed by atoms with Crippen LogP contribution in [0.15, 0.2) is 24.3 Å². The topological polar surface area (TPSA) is 101 Å². The average Bonchev–Trinajstić information content (AvgIpc) is 3.00. The minimum atomic E-state index is -3.20. The molecule has 8 nitrogen and oxygen atoms in total. The molecule has 1 N–H and O–H groups in total. The molecule has 1 aromatic carbocycles. The zero-order valence-electron chi connectivity index (χ0n) is 15.3. The van der Waals surface area contributed by atoms with Crippen molar-refractivity contribution in [3.63, 3.8) is 0 Å². The Kier molecular flexibility index (Phi) is 4.56. The molecule has 0 radical (unpaired) electrons. The van der Waals surface area contributed by atoms with Crippen LogP contribution in [0.4, 0.5) is 5.82 Å². The van der Waals surface area contributed by atoms with Gasteiger partial charge in [-0.15, -0.1) is 0 Å². The monoisotopic (exact) mass is 387 g/mol. The maximum atomic E-state index is 11.8. The van der Waals surface area contributed by atoms with Gasteiger partial charge in [-0.2, -0.15) is 0 Å². The molecule has 1 fully saturated rings. The Morgan fingerprint density at radius 3 is 2.67 bits per heavy atom. The number of hydrogen-bond acceptors (Lipinski definition) is 7. The van der Waals surface area contributed by atoms with Gasteiger partial charge in [0.15, 0.2) is 15.7 Å². The van der Waals surface area contributed by atoms with Gasteiger partial charge in [0, 0.05) is 31.0 Å². The molecule has 0 unspecified atom stereocenters. The highest BCUT2D eigenvalue weighted by Gasteiger charge is 2.18. The summed E-state index contributed by atoms with van der Waals surface area (Å²) in [7, 11) is -3.20. The molecule has 1 aliphatic rings. The number of fused-ring (bicyclic) bond motifs is 1. The third-order valence-electron chi connectivity index (χ3n) is 4.37. The summed E-state index contributed by atoms with van der Waals surface area (Å²) in [5, 5.41) is 0. The first-order valence-corrected chi connectivity index (χ1v) is 10.8. The minimum absolute atomic E-state index is 0.120. The molecule has 0 bridgehead atoms. The lowest BCUT2D eigenvalue weighted by atomic mass is 10.2. The van der Waals surface area contributed by atoms with Crippen molar-refractivity contribution in [1.29, 1.82) is 0 Å². The molecule has 1 aliphatic heterocycles. The van der Waals surface area contributed by atoms with Crippen LogP contribution in [0.2, 0.25) is 0 Å². The summed E-state index contributed by atoms with van der Waals surface area (Å²) < 4.78 is 29.0. The van der Waals surface area contributed by atoms with Crippen molar-refractivity contribution in [2.75, 3.05) is 37.5 Å². The number of aromatic nitrogens is 4. The number of anilines is 1. The second-order valence-electron chi connectivity index (χ2n) is 6.76. The first-order chi connectivity index (χ1) is 12.9. The van der Waals surface area contributed by atoms with Crippen molar-refractivity contribution < 1.29 is 13.2 Å². The number of hydrogen-bond donors (Lipinski definition) is 1. The first kappa shape index (κ1) is 17.9. The van der Waals surface area contributed by atoms with E-state index in [2.05, 4.69) is 19.9 Å². The SMILES string of the molecule is Cc1nc2ccc(-c3nc(CS(C)(=O)=O)cc(N4CCOCC4)n3)cc2[nH]1. The van der Waals surface area contributed by atoms with Gasteiger partial charge >= 0.3 is 0 Å². The van der Waals surface area contributed by atoms with Crippen molar-refractivity contribution in [2.24, 2.45) is 0 Å². The molecule has 0 aliphatic carbocycles. The Morgan fingerprint density at radius 2 is 1.93 bits per heavy atom. The smallest absolute Gasteiger partial charge is 0.161 e. The normalized spacial score (nSPS) is 15.4. The van der Waals surface area contributed by atoms with E-state index in [0.717, 1.165) is 28.2 Å². The number of imidazole rings is 1.